The van der Waals surface area contributed by atoms with Gasteiger partial charge in [0.05, 0.1) is 17.5 Å². The lowest BCUT2D eigenvalue weighted by Gasteiger charge is -2.33. The molecule has 174 valence electrons. The summed E-state index contributed by atoms with van der Waals surface area (Å²) in [6.07, 6.45) is -5.48. The Labute approximate surface area is 181 Å². The standard InChI is InChI=1S/C21H24F4N4O3/c1-10(19(26)31)28-20(32)12-5-6-15(27-9-12)18(30)14-7-16(21(23,24)25)29-17-11(8-22)3-2-4-13(14)17/h2-4,7,10,12,15,18,27,30H,5-6,8-9H2,1H3,(H2,26,31)(H,28,32). The zero-order valence-corrected chi connectivity index (χ0v) is 17.2. The minimum Gasteiger partial charge on any atom is -0.387 e. The average Bonchev–Trinajstić information content (AvgIpc) is 2.76. The molecule has 1 aliphatic heterocycles. The van der Waals surface area contributed by atoms with E-state index in [9.17, 15) is 32.3 Å². The Hall–Kier alpha value is -2.79. The number of alkyl halides is 4. The molecule has 2 heterocycles. The molecule has 1 saturated heterocycles. The van der Waals surface area contributed by atoms with E-state index in [-0.39, 0.29) is 40.9 Å². The molecule has 1 fully saturated rings. The van der Waals surface area contributed by atoms with Crippen molar-refractivity contribution in [1.82, 2.24) is 15.6 Å². The van der Waals surface area contributed by atoms with Crippen LogP contribution in [0.1, 0.15) is 42.7 Å². The van der Waals surface area contributed by atoms with Crippen molar-refractivity contribution < 1.29 is 32.3 Å². The SMILES string of the molecule is CC(NC(=O)C1CCC(C(O)c2cc(C(F)(F)F)nc3c(CF)cccc23)NC1)C(N)=O. The highest BCUT2D eigenvalue weighted by molar-refractivity contribution is 5.87. The highest BCUT2D eigenvalue weighted by Crippen LogP contribution is 2.36. The third-order valence-electron chi connectivity index (χ3n) is 5.70. The lowest BCUT2D eigenvalue weighted by molar-refractivity contribution is -0.141. The number of halogens is 4. The normalized spacial score (nSPS) is 21.2. The number of primary amides is 1. The number of aliphatic hydroxyl groups excluding tert-OH is 1. The number of nitrogens with one attached hydrogen (secondary N) is 2. The molecule has 1 aliphatic rings. The second-order valence-electron chi connectivity index (χ2n) is 7.91. The molecule has 0 bridgehead atoms. The maximum Gasteiger partial charge on any atom is 0.433 e. The molecule has 4 atom stereocenters. The van der Waals surface area contributed by atoms with Crippen molar-refractivity contribution in [3.8, 4) is 0 Å². The number of carbonyl (C=O) groups excluding carboxylic acids is 2. The fourth-order valence-corrected chi connectivity index (χ4v) is 3.82. The summed E-state index contributed by atoms with van der Waals surface area (Å²) >= 11 is 0. The molecular formula is C21H24F4N4O3. The number of nitrogens with two attached hydrogens (primary N) is 1. The van der Waals surface area contributed by atoms with Gasteiger partial charge in [0.15, 0.2) is 0 Å². The summed E-state index contributed by atoms with van der Waals surface area (Å²) in [5.74, 6) is -1.54. The number of piperidine rings is 1. The predicted octanol–water partition coefficient (Wildman–Crippen LogP) is 2.11. The molecule has 11 heteroatoms. The van der Waals surface area contributed by atoms with Crippen LogP contribution < -0.4 is 16.4 Å². The number of carbonyl (C=O) groups is 2. The zero-order valence-electron chi connectivity index (χ0n) is 17.2. The molecule has 2 aromatic rings. The van der Waals surface area contributed by atoms with Crippen molar-refractivity contribution in [2.75, 3.05) is 6.54 Å². The molecule has 0 radical (unpaired) electrons. The Kier molecular flexibility index (Phi) is 6.99. The first kappa shape index (κ1) is 23.9. The van der Waals surface area contributed by atoms with Crippen LogP contribution in [-0.4, -0.2) is 40.5 Å². The van der Waals surface area contributed by atoms with Gasteiger partial charge in [0.1, 0.15) is 18.4 Å². The van der Waals surface area contributed by atoms with E-state index in [0.29, 0.717) is 6.42 Å². The van der Waals surface area contributed by atoms with Crippen LogP contribution in [0.5, 0.6) is 0 Å². The van der Waals surface area contributed by atoms with Gasteiger partial charge in [-0.2, -0.15) is 13.2 Å². The molecule has 7 nitrogen and oxygen atoms in total. The molecule has 2 amide bonds. The number of aliphatic hydroxyl groups is 1. The monoisotopic (exact) mass is 456 g/mol. The Morgan fingerprint density at radius 1 is 1.34 bits per heavy atom. The number of hydrogen-bond donors (Lipinski definition) is 4. The lowest BCUT2D eigenvalue weighted by atomic mass is 9.87. The number of para-hydroxylation sites is 1. The van der Waals surface area contributed by atoms with Crippen molar-refractivity contribution >= 4 is 22.7 Å². The second kappa shape index (κ2) is 9.37. The van der Waals surface area contributed by atoms with Gasteiger partial charge < -0.3 is 21.5 Å². The van der Waals surface area contributed by atoms with Gasteiger partial charge in [-0.15, -0.1) is 0 Å². The molecule has 0 saturated carbocycles. The van der Waals surface area contributed by atoms with E-state index in [2.05, 4.69) is 15.6 Å². The minimum atomic E-state index is -4.77. The Balaban J connectivity index is 1.84. The maximum absolute atomic E-state index is 13.4. The number of aromatic nitrogens is 1. The number of fused-ring (bicyclic) bond motifs is 1. The van der Waals surface area contributed by atoms with Gasteiger partial charge in [-0.05, 0) is 31.4 Å². The molecule has 32 heavy (non-hydrogen) atoms. The molecule has 5 N–H and O–H groups in total. The van der Waals surface area contributed by atoms with Gasteiger partial charge in [0.2, 0.25) is 11.8 Å². The fourth-order valence-electron chi connectivity index (χ4n) is 3.82. The molecule has 1 aromatic carbocycles. The Morgan fingerprint density at radius 2 is 2.06 bits per heavy atom. The first-order valence-electron chi connectivity index (χ1n) is 10.1. The average molecular weight is 456 g/mol. The van der Waals surface area contributed by atoms with Crippen LogP contribution in [-0.2, 0) is 22.4 Å². The summed E-state index contributed by atoms with van der Waals surface area (Å²) in [7, 11) is 0. The molecule has 0 aliphatic carbocycles. The van der Waals surface area contributed by atoms with Crippen molar-refractivity contribution in [3.05, 3.63) is 41.1 Å². The summed E-state index contributed by atoms with van der Waals surface area (Å²) in [6, 6.07) is 3.65. The first-order valence-corrected chi connectivity index (χ1v) is 10.1. The molecule has 4 unspecified atom stereocenters. The van der Waals surface area contributed by atoms with Gasteiger partial charge in [-0.3, -0.25) is 9.59 Å². The van der Waals surface area contributed by atoms with E-state index in [1.54, 1.807) is 0 Å². The lowest BCUT2D eigenvalue weighted by Crippen LogP contribution is -2.50. The molecule has 0 spiro atoms. The number of benzene rings is 1. The number of pyridine rings is 1. The van der Waals surface area contributed by atoms with Crippen LogP contribution in [0, 0.1) is 5.92 Å². The predicted molar refractivity (Wildman–Crippen MR) is 108 cm³/mol. The largest absolute Gasteiger partial charge is 0.433 e. The van der Waals surface area contributed by atoms with Crippen LogP contribution in [0.15, 0.2) is 24.3 Å². The third-order valence-corrected chi connectivity index (χ3v) is 5.70. The topological polar surface area (TPSA) is 117 Å². The van der Waals surface area contributed by atoms with Crippen LogP contribution in [0.25, 0.3) is 10.9 Å². The van der Waals surface area contributed by atoms with E-state index >= 15 is 0 Å². The highest BCUT2D eigenvalue weighted by Gasteiger charge is 2.36. The van der Waals surface area contributed by atoms with Crippen LogP contribution in [0.2, 0.25) is 0 Å². The number of rotatable bonds is 6. The minimum absolute atomic E-state index is 0.000964. The van der Waals surface area contributed by atoms with E-state index < -0.39 is 48.6 Å². The van der Waals surface area contributed by atoms with E-state index in [1.165, 1.54) is 25.1 Å². The third kappa shape index (κ3) is 4.99. The smallest absolute Gasteiger partial charge is 0.387 e. The summed E-state index contributed by atoms with van der Waals surface area (Å²) in [4.78, 5) is 27.0. The van der Waals surface area contributed by atoms with E-state index in [0.717, 1.165) is 6.07 Å². The van der Waals surface area contributed by atoms with Crippen molar-refractivity contribution in [3.63, 3.8) is 0 Å². The van der Waals surface area contributed by atoms with Crippen molar-refractivity contribution in [2.24, 2.45) is 11.7 Å². The highest BCUT2D eigenvalue weighted by atomic mass is 19.4. The summed E-state index contributed by atoms with van der Waals surface area (Å²) in [5, 5.41) is 16.7. The van der Waals surface area contributed by atoms with Gasteiger partial charge in [0.25, 0.3) is 0 Å². The van der Waals surface area contributed by atoms with E-state index in [4.69, 9.17) is 5.73 Å². The summed E-state index contributed by atoms with van der Waals surface area (Å²) in [5.41, 5.74) is 3.76. The van der Waals surface area contributed by atoms with Crippen LogP contribution in [0.4, 0.5) is 17.6 Å². The quantitative estimate of drug-likeness (QED) is 0.497. The molecule has 3 rings (SSSR count). The van der Waals surface area contributed by atoms with E-state index in [1.807, 2.05) is 0 Å². The number of hydrogen-bond acceptors (Lipinski definition) is 5. The molecule has 1 aromatic heterocycles. The van der Waals surface area contributed by atoms with Gasteiger partial charge in [0, 0.05) is 23.5 Å². The second-order valence-corrected chi connectivity index (χ2v) is 7.91. The Bertz CT molecular complexity index is 1010. The van der Waals surface area contributed by atoms with Crippen molar-refractivity contribution in [1.29, 1.82) is 0 Å². The van der Waals surface area contributed by atoms with Crippen LogP contribution in [0.3, 0.4) is 0 Å². The molecular weight excluding hydrogens is 432 g/mol. The van der Waals surface area contributed by atoms with Crippen LogP contribution >= 0.6 is 0 Å². The van der Waals surface area contributed by atoms with Gasteiger partial charge in [-0.25, -0.2) is 9.37 Å². The maximum atomic E-state index is 13.4. The number of nitrogens with zero attached hydrogens (tertiary/aromatic N) is 1. The van der Waals surface area contributed by atoms with Gasteiger partial charge in [-0.1, -0.05) is 18.2 Å². The Morgan fingerprint density at radius 3 is 2.62 bits per heavy atom. The number of amides is 2. The zero-order chi connectivity index (χ0) is 23.6. The van der Waals surface area contributed by atoms with Crippen molar-refractivity contribution in [2.45, 2.75) is 50.8 Å². The summed E-state index contributed by atoms with van der Waals surface area (Å²) in [6.45, 7) is 0.620. The first-order chi connectivity index (χ1) is 15.0. The fraction of sp³-hybridized carbons (Fsp3) is 0.476. The van der Waals surface area contributed by atoms with Gasteiger partial charge >= 0.3 is 6.18 Å². The summed E-state index contributed by atoms with van der Waals surface area (Å²) < 4.78 is 53.6.